The molecule has 2 N–H and O–H groups in total. The van der Waals surface area contributed by atoms with Crippen molar-refractivity contribution in [2.75, 3.05) is 6.54 Å². The molecule has 20 heavy (non-hydrogen) atoms. The van der Waals surface area contributed by atoms with E-state index >= 15 is 0 Å². The van der Waals surface area contributed by atoms with Gasteiger partial charge in [-0.25, -0.2) is 0 Å². The third-order valence-corrected chi connectivity index (χ3v) is 3.89. The van der Waals surface area contributed by atoms with Gasteiger partial charge in [0.2, 0.25) is 5.91 Å². The molecule has 0 aromatic heterocycles. The molecule has 1 rings (SSSR count). The van der Waals surface area contributed by atoms with Crippen LogP contribution >= 0.6 is 11.8 Å². The number of carbonyl (C=O) groups excluding carboxylic acids is 1. The van der Waals surface area contributed by atoms with E-state index < -0.39 is 0 Å². The maximum atomic E-state index is 11.7. The lowest BCUT2D eigenvalue weighted by atomic mass is 10.1. The van der Waals surface area contributed by atoms with Gasteiger partial charge in [0.25, 0.3) is 0 Å². The third-order valence-electron chi connectivity index (χ3n) is 2.78. The summed E-state index contributed by atoms with van der Waals surface area (Å²) in [6, 6.07) is 8.40. The molecule has 0 heterocycles. The van der Waals surface area contributed by atoms with Crippen molar-refractivity contribution in [3.8, 4) is 0 Å². The van der Waals surface area contributed by atoms with Crippen molar-refractivity contribution in [2.24, 2.45) is 0 Å². The van der Waals surface area contributed by atoms with Gasteiger partial charge in [0.15, 0.2) is 0 Å². The zero-order chi connectivity index (χ0) is 15.2. The maximum absolute atomic E-state index is 11.7. The minimum atomic E-state index is -0.0616. The summed E-state index contributed by atoms with van der Waals surface area (Å²) >= 11 is 1.59. The summed E-state index contributed by atoms with van der Waals surface area (Å²) in [5, 5.41) is 6.24. The SMILES string of the molecule is CCNC(=O)C(C)Sc1ccc(CNC(C)(C)C)cc1. The molecule has 1 amide bonds. The number of nitrogens with one attached hydrogen (secondary N) is 2. The first kappa shape index (κ1) is 17.1. The van der Waals surface area contributed by atoms with Crippen LogP contribution in [0.3, 0.4) is 0 Å². The minimum Gasteiger partial charge on any atom is -0.355 e. The van der Waals surface area contributed by atoms with Crippen LogP contribution in [0.15, 0.2) is 29.2 Å². The van der Waals surface area contributed by atoms with Crippen molar-refractivity contribution in [1.82, 2.24) is 10.6 Å². The first-order valence-electron chi connectivity index (χ1n) is 7.10. The highest BCUT2D eigenvalue weighted by atomic mass is 32.2. The first-order chi connectivity index (χ1) is 9.31. The number of hydrogen-bond donors (Lipinski definition) is 2. The van der Waals surface area contributed by atoms with Crippen LogP contribution in [0.1, 0.15) is 40.2 Å². The summed E-state index contributed by atoms with van der Waals surface area (Å²) in [4.78, 5) is 12.8. The van der Waals surface area contributed by atoms with Crippen molar-refractivity contribution in [2.45, 2.75) is 56.8 Å². The minimum absolute atomic E-state index is 0.0616. The van der Waals surface area contributed by atoms with Crippen molar-refractivity contribution >= 4 is 17.7 Å². The maximum Gasteiger partial charge on any atom is 0.233 e. The Labute approximate surface area is 126 Å². The van der Waals surface area contributed by atoms with Gasteiger partial charge in [-0.15, -0.1) is 11.8 Å². The molecule has 0 radical (unpaired) electrons. The van der Waals surface area contributed by atoms with Crippen LogP contribution in [-0.2, 0) is 11.3 Å². The number of thioether (sulfide) groups is 1. The lowest BCUT2D eigenvalue weighted by molar-refractivity contribution is -0.120. The highest BCUT2D eigenvalue weighted by Gasteiger charge is 2.13. The summed E-state index contributed by atoms with van der Waals surface area (Å²) in [7, 11) is 0. The number of benzene rings is 1. The monoisotopic (exact) mass is 294 g/mol. The fraction of sp³-hybridized carbons (Fsp3) is 0.562. The van der Waals surface area contributed by atoms with E-state index in [2.05, 4.69) is 55.7 Å². The van der Waals surface area contributed by atoms with Crippen molar-refractivity contribution in [1.29, 1.82) is 0 Å². The summed E-state index contributed by atoms with van der Waals surface area (Å²) in [6.45, 7) is 11.9. The Kier molecular flexibility index (Phi) is 6.56. The Morgan fingerprint density at radius 3 is 2.35 bits per heavy atom. The predicted octanol–water partition coefficient (Wildman–Crippen LogP) is 3.19. The highest BCUT2D eigenvalue weighted by molar-refractivity contribution is 8.00. The van der Waals surface area contributed by atoms with Crippen LogP contribution in [0.4, 0.5) is 0 Å². The number of amides is 1. The molecule has 0 spiro atoms. The van der Waals surface area contributed by atoms with Crippen LogP contribution in [0, 0.1) is 0 Å². The van der Waals surface area contributed by atoms with Gasteiger partial charge in [0.1, 0.15) is 0 Å². The van der Waals surface area contributed by atoms with E-state index in [1.807, 2.05) is 13.8 Å². The van der Waals surface area contributed by atoms with Gasteiger partial charge in [0.05, 0.1) is 5.25 Å². The van der Waals surface area contributed by atoms with E-state index in [4.69, 9.17) is 0 Å². The van der Waals surface area contributed by atoms with E-state index in [1.165, 1.54) is 5.56 Å². The number of rotatable bonds is 6. The fourth-order valence-corrected chi connectivity index (χ4v) is 2.52. The van der Waals surface area contributed by atoms with Gasteiger partial charge in [0, 0.05) is 23.5 Å². The van der Waals surface area contributed by atoms with Crippen LogP contribution in [0.25, 0.3) is 0 Å². The van der Waals surface area contributed by atoms with Gasteiger partial charge in [-0.2, -0.15) is 0 Å². The summed E-state index contributed by atoms with van der Waals surface area (Å²) < 4.78 is 0. The normalized spacial score (nSPS) is 13.1. The van der Waals surface area contributed by atoms with Gasteiger partial charge >= 0.3 is 0 Å². The molecular formula is C16H26N2OS. The first-order valence-corrected chi connectivity index (χ1v) is 7.98. The zero-order valence-electron chi connectivity index (χ0n) is 13.1. The average Bonchev–Trinajstić information content (AvgIpc) is 2.37. The summed E-state index contributed by atoms with van der Waals surface area (Å²) in [5.74, 6) is 0.0935. The molecule has 0 fully saturated rings. The standard InChI is InChI=1S/C16H26N2OS/c1-6-17-15(19)12(2)20-14-9-7-13(8-10-14)11-18-16(3,4)5/h7-10,12,18H,6,11H2,1-5H3,(H,17,19). The van der Waals surface area contributed by atoms with Crippen LogP contribution in [0.2, 0.25) is 0 Å². The van der Waals surface area contributed by atoms with E-state index in [1.54, 1.807) is 11.8 Å². The third kappa shape index (κ3) is 6.44. The highest BCUT2D eigenvalue weighted by Crippen LogP contribution is 2.23. The molecule has 0 bridgehead atoms. The van der Waals surface area contributed by atoms with E-state index in [0.29, 0.717) is 6.54 Å². The smallest absolute Gasteiger partial charge is 0.233 e. The van der Waals surface area contributed by atoms with Gasteiger partial charge in [-0.05, 0) is 52.3 Å². The van der Waals surface area contributed by atoms with E-state index in [9.17, 15) is 4.79 Å². The molecule has 1 aromatic carbocycles. The van der Waals surface area contributed by atoms with Crippen LogP contribution in [-0.4, -0.2) is 23.2 Å². The van der Waals surface area contributed by atoms with Gasteiger partial charge in [-0.3, -0.25) is 4.79 Å². The molecule has 3 nitrogen and oxygen atoms in total. The molecule has 1 atom stereocenters. The van der Waals surface area contributed by atoms with Crippen molar-refractivity contribution < 1.29 is 4.79 Å². The molecule has 112 valence electrons. The Morgan fingerprint density at radius 1 is 1.25 bits per heavy atom. The Morgan fingerprint density at radius 2 is 1.85 bits per heavy atom. The molecule has 0 aliphatic heterocycles. The van der Waals surface area contributed by atoms with Gasteiger partial charge < -0.3 is 10.6 Å². The van der Waals surface area contributed by atoms with Crippen molar-refractivity contribution in [3.05, 3.63) is 29.8 Å². The molecule has 0 saturated heterocycles. The topological polar surface area (TPSA) is 41.1 Å². The Bertz CT molecular complexity index is 423. The van der Waals surface area contributed by atoms with Gasteiger partial charge in [-0.1, -0.05) is 12.1 Å². The van der Waals surface area contributed by atoms with Crippen LogP contribution in [0.5, 0.6) is 0 Å². The molecule has 1 aromatic rings. The lowest BCUT2D eigenvalue weighted by Crippen LogP contribution is -2.35. The van der Waals surface area contributed by atoms with E-state index in [-0.39, 0.29) is 16.7 Å². The molecule has 4 heteroatoms. The Hall–Kier alpha value is -1.00. The van der Waals surface area contributed by atoms with Crippen molar-refractivity contribution in [3.63, 3.8) is 0 Å². The second-order valence-electron chi connectivity index (χ2n) is 5.90. The zero-order valence-corrected chi connectivity index (χ0v) is 13.9. The number of hydrogen-bond acceptors (Lipinski definition) is 3. The quantitative estimate of drug-likeness (QED) is 0.792. The van der Waals surface area contributed by atoms with Crippen LogP contribution < -0.4 is 10.6 Å². The predicted molar refractivity (Wildman–Crippen MR) is 87.0 cm³/mol. The molecule has 0 aliphatic carbocycles. The second kappa shape index (κ2) is 7.70. The average molecular weight is 294 g/mol. The number of carbonyl (C=O) groups is 1. The molecular weight excluding hydrogens is 268 g/mol. The Balaban J connectivity index is 2.52. The second-order valence-corrected chi connectivity index (χ2v) is 7.32. The fourth-order valence-electron chi connectivity index (χ4n) is 1.63. The largest absolute Gasteiger partial charge is 0.355 e. The molecule has 0 aliphatic rings. The lowest BCUT2D eigenvalue weighted by Gasteiger charge is -2.20. The summed E-state index contributed by atoms with van der Waals surface area (Å²) in [5.41, 5.74) is 1.38. The summed E-state index contributed by atoms with van der Waals surface area (Å²) in [6.07, 6.45) is 0. The molecule has 1 unspecified atom stereocenters. The molecule has 0 saturated carbocycles. The van der Waals surface area contributed by atoms with E-state index in [0.717, 1.165) is 11.4 Å².